The average Bonchev–Trinajstić information content (AvgIpc) is 2.91. The van der Waals surface area contributed by atoms with E-state index in [1.54, 1.807) is 0 Å². The fourth-order valence-electron chi connectivity index (χ4n) is 3.83. The third-order valence-electron chi connectivity index (χ3n) is 5.25. The van der Waals surface area contributed by atoms with E-state index in [0.717, 1.165) is 19.5 Å². The summed E-state index contributed by atoms with van der Waals surface area (Å²) in [6.45, 7) is 13.0. The van der Waals surface area contributed by atoms with E-state index in [9.17, 15) is 4.79 Å². The van der Waals surface area contributed by atoms with E-state index in [2.05, 4.69) is 43.2 Å². The molecule has 2 rings (SSSR count). The molecule has 2 atom stereocenters. The first-order valence-corrected chi connectivity index (χ1v) is 8.67. The van der Waals surface area contributed by atoms with Crippen LogP contribution in [0.15, 0.2) is 0 Å². The minimum absolute atomic E-state index is 0.0439. The van der Waals surface area contributed by atoms with Crippen molar-refractivity contribution in [3.63, 3.8) is 0 Å². The van der Waals surface area contributed by atoms with Crippen molar-refractivity contribution in [1.29, 1.82) is 0 Å². The number of rotatable bonds is 5. The molecule has 2 heterocycles. The van der Waals surface area contributed by atoms with Crippen molar-refractivity contribution in [2.75, 3.05) is 26.2 Å². The van der Waals surface area contributed by atoms with Gasteiger partial charge in [-0.1, -0.05) is 27.7 Å². The first kappa shape index (κ1) is 16.8. The van der Waals surface area contributed by atoms with Crippen LogP contribution >= 0.6 is 0 Å². The Hall–Kier alpha value is -0.610. The van der Waals surface area contributed by atoms with Gasteiger partial charge in [-0.3, -0.25) is 9.69 Å². The lowest BCUT2D eigenvalue weighted by atomic mass is 9.77. The monoisotopic (exact) mass is 295 g/mol. The van der Waals surface area contributed by atoms with Crippen molar-refractivity contribution in [3.05, 3.63) is 0 Å². The predicted octanol–water partition coefficient (Wildman–Crippen LogP) is 2.00. The van der Waals surface area contributed by atoms with Crippen LogP contribution < -0.4 is 10.6 Å². The molecule has 2 aliphatic heterocycles. The molecule has 2 fully saturated rings. The Morgan fingerprint density at radius 3 is 2.52 bits per heavy atom. The number of hydrogen-bond acceptors (Lipinski definition) is 3. The minimum atomic E-state index is -0.0439. The molecule has 0 aliphatic carbocycles. The molecule has 122 valence electrons. The van der Waals surface area contributed by atoms with Crippen molar-refractivity contribution in [2.24, 2.45) is 11.3 Å². The maximum atomic E-state index is 12.6. The van der Waals surface area contributed by atoms with Crippen LogP contribution in [0.5, 0.6) is 0 Å². The molecular weight excluding hydrogens is 262 g/mol. The normalized spacial score (nSPS) is 27.8. The molecular formula is C17H33N3O. The molecule has 0 spiro atoms. The molecule has 2 saturated heterocycles. The number of piperidine rings is 1. The van der Waals surface area contributed by atoms with Gasteiger partial charge in [0.15, 0.2) is 0 Å². The van der Waals surface area contributed by atoms with Crippen molar-refractivity contribution >= 4 is 5.91 Å². The third kappa shape index (κ3) is 4.19. The number of nitrogens with one attached hydrogen (secondary N) is 2. The first-order valence-electron chi connectivity index (χ1n) is 8.67. The van der Waals surface area contributed by atoms with Crippen LogP contribution in [0.2, 0.25) is 0 Å². The first-order chi connectivity index (χ1) is 9.92. The highest BCUT2D eigenvalue weighted by atomic mass is 16.2. The van der Waals surface area contributed by atoms with Gasteiger partial charge >= 0.3 is 0 Å². The van der Waals surface area contributed by atoms with Crippen LogP contribution in [-0.4, -0.2) is 49.1 Å². The lowest BCUT2D eigenvalue weighted by Crippen LogP contribution is -2.57. The largest absolute Gasteiger partial charge is 0.353 e. The second-order valence-electron chi connectivity index (χ2n) is 7.78. The van der Waals surface area contributed by atoms with Crippen LogP contribution in [0.4, 0.5) is 0 Å². The molecule has 0 aromatic carbocycles. The van der Waals surface area contributed by atoms with Crippen molar-refractivity contribution in [2.45, 2.75) is 65.5 Å². The van der Waals surface area contributed by atoms with Crippen molar-refractivity contribution in [3.8, 4) is 0 Å². The second-order valence-corrected chi connectivity index (χ2v) is 7.78. The van der Waals surface area contributed by atoms with Crippen molar-refractivity contribution < 1.29 is 4.79 Å². The van der Waals surface area contributed by atoms with Gasteiger partial charge in [0, 0.05) is 12.6 Å². The zero-order valence-corrected chi connectivity index (χ0v) is 14.2. The minimum Gasteiger partial charge on any atom is -0.353 e. The van der Waals surface area contributed by atoms with Crippen molar-refractivity contribution in [1.82, 2.24) is 15.5 Å². The summed E-state index contributed by atoms with van der Waals surface area (Å²) < 4.78 is 0. The van der Waals surface area contributed by atoms with Gasteiger partial charge in [0.1, 0.15) is 0 Å². The molecule has 21 heavy (non-hydrogen) atoms. The van der Waals surface area contributed by atoms with Gasteiger partial charge in [-0.2, -0.15) is 0 Å². The molecule has 0 aromatic heterocycles. The molecule has 2 aliphatic rings. The van der Waals surface area contributed by atoms with Gasteiger partial charge < -0.3 is 10.6 Å². The van der Waals surface area contributed by atoms with E-state index in [-0.39, 0.29) is 17.4 Å². The van der Waals surface area contributed by atoms with Gasteiger partial charge in [0.05, 0.1) is 6.04 Å². The van der Waals surface area contributed by atoms with Gasteiger partial charge in [-0.25, -0.2) is 0 Å². The number of likely N-dealkylation sites (tertiary alicyclic amines) is 1. The maximum absolute atomic E-state index is 12.6. The number of carbonyl (C=O) groups is 1. The Balaban J connectivity index is 1.89. The topological polar surface area (TPSA) is 44.4 Å². The summed E-state index contributed by atoms with van der Waals surface area (Å²) in [7, 11) is 0. The highest BCUT2D eigenvalue weighted by Gasteiger charge is 2.37. The Morgan fingerprint density at radius 1 is 1.29 bits per heavy atom. The van der Waals surface area contributed by atoms with Gasteiger partial charge in [0.2, 0.25) is 5.91 Å². The fourth-order valence-corrected chi connectivity index (χ4v) is 3.83. The molecule has 0 aromatic rings. The summed E-state index contributed by atoms with van der Waals surface area (Å²) in [5.41, 5.74) is 0.0588. The van der Waals surface area contributed by atoms with Crippen LogP contribution in [0.3, 0.4) is 0 Å². The van der Waals surface area contributed by atoms with Crippen LogP contribution in [0, 0.1) is 11.3 Å². The van der Waals surface area contributed by atoms with E-state index in [0.29, 0.717) is 12.0 Å². The number of carbonyl (C=O) groups excluding carboxylic acids is 1. The molecule has 0 saturated carbocycles. The lowest BCUT2D eigenvalue weighted by molar-refractivity contribution is -0.127. The quantitative estimate of drug-likeness (QED) is 0.815. The summed E-state index contributed by atoms with van der Waals surface area (Å²) in [6.07, 6.45) is 4.89. The number of nitrogens with zero attached hydrogens (tertiary/aromatic N) is 1. The van der Waals surface area contributed by atoms with Crippen LogP contribution in [-0.2, 0) is 4.79 Å². The highest BCUT2D eigenvalue weighted by Crippen LogP contribution is 2.30. The number of amides is 1. The smallest absolute Gasteiger partial charge is 0.237 e. The Labute approximate surface area is 130 Å². The van der Waals surface area contributed by atoms with Gasteiger partial charge in [0.25, 0.3) is 0 Å². The zero-order chi connectivity index (χ0) is 15.5. The van der Waals surface area contributed by atoms with E-state index >= 15 is 0 Å². The van der Waals surface area contributed by atoms with E-state index in [1.165, 1.54) is 32.4 Å². The molecule has 2 unspecified atom stereocenters. The van der Waals surface area contributed by atoms with E-state index in [4.69, 9.17) is 0 Å². The zero-order valence-electron chi connectivity index (χ0n) is 14.2. The SMILES string of the molecule is CC(C)C(CNC(=O)C1NCCCC1(C)C)N1CCCC1. The van der Waals surface area contributed by atoms with Gasteiger partial charge in [-0.15, -0.1) is 0 Å². The highest BCUT2D eigenvalue weighted by molar-refractivity contribution is 5.82. The predicted molar refractivity (Wildman–Crippen MR) is 87.2 cm³/mol. The summed E-state index contributed by atoms with van der Waals surface area (Å²) in [6, 6.07) is 0.431. The summed E-state index contributed by atoms with van der Waals surface area (Å²) in [4.78, 5) is 15.1. The average molecular weight is 295 g/mol. The molecule has 4 nitrogen and oxygen atoms in total. The summed E-state index contributed by atoms with van der Waals surface area (Å²) in [5, 5.41) is 6.63. The third-order valence-corrected chi connectivity index (χ3v) is 5.25. The van der Waals surface area contributed by atoms with Crippen LogP contribution in [0.25, 0.3) is 0 Å². The Bertz CT molecular complexity index is 348. The lowest BCUT2D eigenvalue weighted by Gasteiger charge is -2.39. The molecule has 0 bridgehead atoms. The number of hydrogen-bond donors (Lipinski definition) is 2. The van der Waals surface area contributed by atoms with Crippen LogP contribution in [0.1, 0.15) is 53.4 Å². The molecule has 2 N–H and O–H groups in total. The standard InChI is InChI=1S/C17H33N3O/c1-13(2)14(20-10-5-6-11-20)12-19-16(21)15-17(3,4)8-7-9-18-15/h13-15,18H,5-12H2,1-4H3,(H,19,21). The molecule has 0 radical (unpaired) electrons. The fraction of sp³-hybridized carbons (Fsp3) is 0.941. The summed E-state index contributed by atoms with van der Waals surface area (Å²) in [5.74, 6) is 0.764. The van der Waals surface area contributed by atoms with E-state index in [1.807, 2.05) is 0 Å². The Morgan fingerprint density at radius 2 is 1.95 bits per heavy atom. The molecule has 1 amide bonds. The second kappa shape index (κ2) is 7.10. The molecule has 4 heteroatoms. The summed E-state index contributed by atoms with van der Waals surface area (Å²) >= 11 is 0. The van der Waals surface area contributed by atoms with E-state index < -0.39 is 0 Å². The Kier molecular flexibility index (Phi) is 5.67. The van der Waals surface area contributed by atoms with Gasteiger partial charge in [-0.05, 0) is 56.7 Å². The maximum Gasteiger partial charge on any atom is 0.237 e.